The van der Waals surface area contributed by atoms with Crippen LogP contribution in [0.15, 0.2) is 0 Å². The fraction of sp³-hybridized carbons (Fsp3) is 0.900. The highest BCUT2D eigenvalue weighted by Crippen LogP contribution is 2.06. The predicted octanol–water partition coefficient (Wildman–Crippen LogP) is 0.919. The van der Waals surface area contributed by atoms with Crippen LogP contribution in [0.2, 0.25) is 0 Å². The van der Waals surface area contributed by atoms with Crippen molar-refractivity contribution in [2.45, 2.75) is 31.1 Å². The predicted molar refractivity (Wildman–Crippen MR) is 63.1 cm³/mol. The summed E-state index contributed by atoms with van der Waals surface area (Å²) >= 11 is 3.21. The Morgan fingerprint density at radius 1 is 1.53 bits per heavy atom. The van der Waals surface area contributed by atoms with Gasteiger partial charge in [0.25, 0.3) is 0 Å². The van der Waals surface area contributed by atoms with Crippen LogP contribution in [0.4, 0.5) is 0 Å². The zero-order valence-corrected chi connectivity index (χ0v) is 11.1. The van der Waals surface area contributed by atoms with Gasteiger partial charge in [0.1, 0.15) is 4.83 Å². The molecule has 0 spiro atoms. The second-order valence-electron chi connectivity index (χ2n) is 3.91. The smallest absolute Gasteiger partial charge is 0.320 e. The van der Waals surface area contributed by atoms with Crippen LogP contribution in [0.3, 0.4) is 0 Å². The number of carbonyl (C=O) groups is 1. The van der Waals surface area contributed by atoms with Gasteiger partial charge in [-0.2, -0.15) is 0 Å². The molecular weight excluding hydrogens is 262 g/mol. The molecule has 2 N–H and O–H groups in total. The van der Waals surface area contributed by atoms with Crippen molar-refractivity contribution < 1.29 is 14.6 Å². The van der Waals surface area contributed by atoms with Gasteiger partial charge in [-0.1, -0.05) is 29.8 Å². The molecule has 0 saturated carbocycles. The number of ether oxygens (including phenoxy) is 1. The Balaban J connectivity index is 3.84. The molecule has 0 aliphatic carbocycles. The van der Waals surface area contributed by atoms with Crippen LogP contribution in [-0.4, -0.2) is 42.2 Å². The van der Waals surface area contributed by atoms with Gasteiger partial charge in [-0.25, -0.2) is 0 Å². The van der Waals surface area contributed by atoms with Gasteiger partial charge >= 0.3 is 5.97 Å². The second kappa shape index (κ2) is 8.07. The van der Waals surface area contributed by atoms with E-state index in [1.165, 1.54) is 7.11 Å². The normalized spacial score (nSPS) is 15.1. The molecule has 0 amide bonds. The van der Waals surface area contributed by atoms with Crippen molar-refractivity contribution in [1.29, 1.82) is 0 Å². The number of alkyl halides is 1. The van der Waals surface area contributed by atoms with Gasteiger partial charge in [-0.15, -0.1) is 0 Å². The molecule has 0 aliphatic rings. The number of nitrogens with one attached hydrogen (secondary N) is 1. The summed E-state index contributed by atoms with van der Waals surface area (Å²) in [6.45, 7) is 4.73. The van der Waals surface area contributed by atoms with Crippen LogP contribution < -0.4 is 5.32 Å². The maximum absolute atomic E-state index is 11.1. The molecule has 0 heterocycles. The number of methoxy groups -OCH3 is 1. The monoisotopic (exact) mass is 281 g/mol. The van der Waals surface area contributed by atoms with Crippen LogP contribution in [0.5, 0.6) is 0 Å². The minimum Gasteiger partial charge on any atom is -0.468 e. The van der Waals surface area contributed by atoms with Crippen molar-refractivity contribution in [3.05, 3.63) is 0 Å². The molecule has 0 aliphatic heterocycles. The van der Waals surface area contributed by atoms with Crippen LogP contribution in [0.1, 0.15) is 20.3 Å². The van der Waals surface area contributed by atoms with E-state index in [0.29, 0.717) is 12.5 Å². The summed E-state index contributed by atoms with van der Waals surface area (Å²) in [7, 11) is 1.36. The van der Waals surface area contributed by atoms with E-state index < -0.39 is 0 Å². The quantitative estimate of drug-likeness (QED) is 0.538. The molecular formula is C10H20BrNO3. The lowest BCUT2D eigenvalue weighted by atomic mass is 10.0. The van der Waals surface area contributed by atoms with Crippen LogP contribution in [0, 0.1) is 5.92 Å². The molecule has 90 valence electrons. The third-order valence-electron chi connectivity index (χ3n) is 2.02. The lowest BCUT2D eigenvalue weighted by molar-refractivity contribution is -0.139. The molecule has 4 nitrogen and oxygen atoms in total. The number of carbonyl (C=O) groups excluding carboxylic acids is 1. The molecule has 0 aromatic carbocycles. The van der Waals surface area contributed by atoms with Crippen molar-refractivity contribution in [3.8, 4) is 0 Å². The molecule has 0 aromatic rings. The Morgan fingerprint density at radius 2 is 2.13 bits per heavy atom. The van der Waals surface area contributed by atoms with Gasteiger partial charge in [0.15, 0.2) is 0 Å². The van der Waals surface area contributed by atoms with Crippen molar-refractivity contribution >= 4 is 21.9 Å². The second-order valence-corrected chi connectivity index (χ2v) is 5.01. The Bertz CT molecular complexity index is 188. The maximum Gasteiger partial charge on any atom is 0.320 e. The number of hydrogen-bond acceptors (Lipinski definition) is 4. The third-order valence-corrected chi connectivity index (χ3v) is 2.72. The number of aliphatic hydroxyl groups is 1. The minimum absolute atomic E-state index is 0.0368. The molecule has 0 radical (unpaired) electrons. The summed E-state index contributed by atoms with van der Waals surface area (Å²) in [4.78, 5) is 10.7. The van der Waals surface area contributed by atoms with Crippen LogP contribution in [0.25, 0.3) is 0 Å². The molecule has 0 saturated heterocycles. The summed E-state index contributed by atoms with van der Waals surface area (Å²) in [5, 5.41) is 12.2. The SMILES string of the molecule is COC(=O)C(Br)CNC(CO)CC(C)C. The van der Waals surface area contributed by atoms with E-state index in [9.17, 15) is 4.79 Å². The van der Waals surface area contributed by atoms with Crippen molar-refractivity contribution in [2.24, 2.45) is 5.92 Å². The van der Waals surface area contributed by atoms with Crippen molar-refractivity contribution in [2.75, 3.05) is 20.3 Å². The fourth-order valence-corrected chi connectivity index (χ4v) is 1.65. The van der Waals surface area contributed by atoms with Gasteiger partial charge in [-0.05, 0) is 12.3 Å². The van der Waals surface area contributed by atoms with E-state index in [1.54, 1.807) is 0 Å². The number of halogens is 1. The first-order valence-corrected chi connectivity index (χ1v) is 5.99. The number of hydrogen-bond donors (Lipinski definition) is 2. The minimum atomic E-state index is -0.358. The first-order chi connectivity index (χ1) is 7.01. The van der Waals surface area contributed by atoms with Crippen LogP contribution >= 0.6 is 15.9 Å². The van der Waals surface area contributed by atoms with Gasteiger partial charge < -0.3 is 15.2 Å². The summed E-state index contributed by atoms with van der Waals surface area (Å²) in [5.41, 5.74) is 0. The molecule has 15 heavy (non-hydrogen) atoms. The number of esters is 1. The first kappa shape index (κ1) is 14.9. The fourth-order valence-electron chi connectivity index (χ4n) is 1.27. The Hall–Kier alpha value is -0.130. The molecule has 0 rings (SSSR count). The Morgan fingerprint density at radius 3 is 2.53 bits per heavy atom. The van der Waals surface area contributed by atoms with Gasteiger partial charge in [-0.3, -0.25) is 4.79 Å². The highest BCUT2D eigenvalue weighted by Gasteiger charge is 2.17. The number of aliphatic hydroxyl groups excluding tert-OH is 1. The van der Waals surface area contributed by atoms with Gasteiger partial charge in [0, 0.05) is 12.6 Å². The molecule has 0 bridgehead atoms. The van der Waals surface area contributed by atoms with E-state index in [-0.39, 0.29) is 23.4 Å². The average Bonchev–Trinajstić information content (AvgIpc) is 2.21. The molecule has 2 unspecified atom stereocenters. The highest BCUT2D eigenvalue weighted by atomic mass is 79.9. The molecule has 5 heteroatoms. The maximum atomic E-state index is 11.1. The van der Waals surface area contributed by atoms with E-state index in [4.69, 9.17) is 5.11 Å². The third kappa shape index (κ3) is 6.87. The lowest BCUT2D eigenvalue weighted by Crippen LogP contribution is -2.39. The Labute approximate surface area is 99.5 Å². The summed E-state index contributed by atoms with van der Waals surface area (Å²) in [5.74, 6) is 0.213. The standard InChI is InChI=1S/C10H20BrNO3/c1-7(2)4-8(6-13)12-5-9(11)10(14)15-3/h7-9,12-13H,4-6H2,1-3H3. The molecule has 0 aromatic heterocycles. The van der Waals surface area contributed by atoms with E-state index in [2.05, 4.69) is 39.8 Å². The van der Waals surface area contributed by atoms with Crippen molar-refractivity contribution in [1.82, 2.24) is 5.32 Å². The zero-order chi connectivity index (χ0) is 11.8. The lowest BCUT2D eigenvalue weighted by Gasteiger charge is -2.19. The van der Waals surface area contributed by atoms with Crippen molar-refractivity contribution in [3.63, 3.8) is 0 Å². The summed E-state index contributed by atoms with van der Waals surface area (Å²) in [6, 6.07) is 0.0368. The van der Waals surface area contributed by atoms with Gasteiger partial charge in [0.2, 0.25) is 0 Å². The topological polar surface area (TPSA) is 58.6 Å². The van der Waals surface area contributed by atoms with Gasteiger partial charge in [0.05, 0.1) is 13.7 Å². The van der Waals surface area contributed by atoms with E-state index >= 15 is 0 Å². The van der Waals surface area contributed by atoms with E-state index in [0.717, 1.165) is 6.42 Å². The first-order valence-electron chi connectivity index (χ1n) is 5.07. The zero-order valence-electron chi connectivity index (χ0n) is 9.50. The average molecular weight is 282 g/mol. The molecule has 2 atom stereocenters. The van der Waals surface area contributed by atoms with E-state index in [1.807, 2.05) is 0 Å². The Kier molecular flexibility index (Phi) is 8.00. The largest absolute Gasteiger partial charge is 0.468 e. The van der Waals surface area contributed by atoms with Crippen LogP contribution in [-0.2, 0) is 9.53 Å². The summed E-state index contributed by atoms with van der Waals surface area (Å²) < 4.78 is 4.57. The number of rotatable bonds is 7. The molecule has 0 fully saturated rings. The summed E-state index contributed by atoms with van der Waals surface area (Å²) in [6.07, 6.45) is 0.886. The highest BCUT2D eigenvalue weighted by molar-refractivity contribution is 9.10.